The zero-order chi connectivity index (χ0) is 16.6. The number of aryl methyl sites for hydroxylation is 1. The van der Waals surface area contributed by atoms with Gasteiger partial charge in [-0.2, -0.15) is 13.8 Å². The van der Waals surface area contributed by atoms with Gasteiger partial charge in [-0.1, -0.05) is 17.3 Å². The van der Waals surface area contributed by atoms with Crippen LogP contribution in [0.5, 0.6) is 0 Å². The van der Waals surface area contributed by atoms with E-state index in [9.17, 15) is 13.6 Å². The van der Waals surface area contributed by atoms with Crippen LogP contribution in [0.15, 0.2) is 22.7 Å². The van der Waals surface area contributed by atoms with Gasteiger partial charge in [-0.05, 0) is 36.0 Å². The molecule has 0 fully saturated rings. The molecule has 2 aromatic rings. The van der Waals surface area contributed by atoms with Crippen LogP contribution in [0.1, 0.15) is 42.2 Å². The van der Waals surface area contributed by atoms with Crippen LogP contribution in [0.25, 0.3) is 11.4 Å². The zero-order valence-corrected chi connectivity index (χ0v) is 12.9. The van der Waals surface area contributed by atoms with E-state index in [1.807, 2.05) is 12.1 Å². The first-order chi connectivity index (χ1) is 11.0. The van der Waals surface area contributed by atoms with Gasteiger partial charge in [0.05, 0.1) is 0 Å². The number of hydrogen-bond acceptors (Lipinski definition) is 4. The molecule has 23 heavy (non-hydrogen) atoms. The molecule has 3 rings (SSSR count). The molecule has 0 bridgehead atoms. The van der Waals surface area contributed by atoms with Crippen LogP contribution in [0, 0.1) is 0 Å². The Labute approximate surface area is 132 Å². The number of carbonyl (C=O) groups is 1. The van der Waals surface area contributed by atoms with Crippen LogP contribution in [0.4, 0.5) is 8.78 Å². The Kier molecular flexibility index (Phi) is 4.11. The fraction of sp³-hybridized carbons (Fsp3) is 0.438. The first kappa shape index (κ1) is 15.6. The number of amides is 1. The van der Waals surface area contributed by atoms with Gasteiger partial charge in [0.1, 0.15) is 0 Å². The molecule has 0 unspecified atom stereocenters. The number of halogens is 2. The highest BCUT2D eigenvalue weighted by Gasteiger charge is 2.26. The fourth-order valence-corrected chi connectivity index (χ4v) is 2.89. The van der Waals surface area contributed by atoms with Crippen molar-refractivity contribution in [1.29, 1.82) is 0 Å². The van der Waals surface area contributed by atoms with Gasteiger partial charge in [-0.25, -0.2) is 0 Å². The average molecular weight is 321 g/mol. The Hall–Kier alpha value is -2.31. The first-order valence-electron chi connectivity index (χ1n) is 7.41. The molecule has 122 valence electrons. The Morgan fingerprint density at radius 3 is 2.87 bits per heavy atom. The Morgan fingerprint density at radius 2 is 2.22 bits per heavy atom. The maximum absolute atomic E-state index is 12.5. The number of nitrogens with zero attached hydrogens (tertiary/aromatic N) is 3. The Balaban J connectivity index is 1.82. The smallest absolute Gasteiger partial charge is 0.315 e. The van der Waals surface area contributed by atoms with E-state index in [0.717, 1.165) is 24.0 Å². The maximum Gasteiger partial charge on any atom is 0.315 e. The van der Waals surface area contributed by atoms with Crippen LogP contribution >= 0.6 is 0 Å². The molecule has 0 radical (unpaired) electrons. The van der Waals surface area contributed by atoms with Gasteiger partial charge in [0.15, 0.2) is 0 Å². The van der Waals surface area contributed by atoms with E-state index in [2.05, 4.69) is 14.7 Å². The summed E-state index contributed by atoms with van der Waals surface area (Å²) in [6.07, 6.45) is -0.523. The Bertz CT molecular complexity index is 728. The first-order valence-corrected chi connectivity index (χ1v) is 7.41. The maximum atomic E-state index is 12.5. The van der Waals surface area contributed by atoms with Crippen molar-refractivity contribution >= 4 is 5.91 Å². The SMILES string of the molecule is CN(C)C(=O)C[C@@H]1CCc2cc(-c3noc(C(F)F)n3)ccc21. The largest absolute Gasteiger partial charge is 0.349 e. The summed E-state index contributed by atoms with van der Waals surface area (Å²) in [5.74, 6) is -0.201. The number of aromatic nitrogens is 2. The number of rotatable bonds is 4. The van der Waals surface area contributed by atoms with Crippen molar-refractivity contribution in [1.82, 2.24) is 15.0 Å². The number of hydrogen-bond donors (Lipinski definition) is 0. The second-order valence-electron chi connectivity index (χ2n) is 5.90. The van der Waals surface area contributed by atoms with Crippen molar-refractivity contribution < 1.29 is 18.1 Å². The van der Waals surface area contributed by atoms with Gasteiger partial charge in [0.25, 0.3) is 5.89 Å². The minimum atomic E-state index is -2.77. The third kappa shape index (κ3) is 3.09. The van der Waals surface area contributed by atoms with E-state index in [4.69, 9.17) is 0 Å². The number of fused-ring (bicyclic) bond motifs is 1. The number of carbonyl (C=O) groups excluding carboxylic acids is 1. The Morgan fingerprint density at radius 1 is 1.43 bits per heavy atom. The second kappa shape index (κ2) is 6.06. The van der Waals surface area contributed by atoms with Crippen LogP contribution in [0.2, 0.25) is 0 Å². The average Bonchev–Trinajstić information content (AvgIpc) is 3.14. The lowest BCUT2D eigenvalue weighted by molar-refractivity contribution is -0.129. The quantitative estimate of drug-likeness (QED) is 0.868. The molecule has 7 heteroatoms. The highest BCUT2D eigenvalue weighted by molar-refractivity contribution is 5.77. The highest BCUT2D eigenvalue weighted by atomic mass is 19.3. The molecule has 0 saturated carbocycles. The molecule has 1 aliphatic rings. The minimum absolute atomic E-state index is 0.103. The zero-order valence-electron chi connectivity index (χ0n) is 12.9. The third-order valence-electron chi connectivity index (χ3n) is 4.15. The highest BCUT2D eigenvalue weighted by Crippen LogP contribution is 2.37. The van der Waals surface area contributed by atoms with Gasteiger partial charge in [0.2, 0.25) is 11.7 Å². The van der Waals surface area contributed by atoms with Crippen molar-refractivity contribution in [3.8, 4) is 11.4 Å². The van der Waals surface area contributed by atoms with Crippen molar-refractivity contribution in [3.63, 3.8) is 0 Å². The van der Waals surface area contributed by atoms with E-state index in [1.165, 1.54) is 0 Å². The van der Waals surface area contributed by atoms with E-state index in [0.29, 0.717) is 12.0 Å². The van der Waals surface area contributed by atoms with Crippen molar-refractivity contribution in [3.05, 3.63) is 35.2 Å². The summed E-state index contributed by atoms with van der Waals surface area (Å²) in [6.45, 7) is 0. The van der Waals surface area contributed by atoms with Crippen molar-refractivity contribution in [2.45, 2.75) is 31.6 Å². The van der Waals surface area contributed by atoms with Crippen LogP contribution in [-0.4, -0.2) is 35.0 Å². The lowest BCUT2D eigenvalue weighted by atomic mass is 9.96. The number of alkyl halides is 2. The van der Waals surface area contributed by atoms with Crippen LogP contribution in [-0.2, 0) is 11.2 Å². The predicted molar refractivity (Wildman–Crippen MR) is 79.1 cm³/mol. The summed E-state index contributed by atoms with van der Waals surface area (Å²) in [4.78, 5) is 17.2. The third-order valence-corrected chi connectivity index (χ3v) is 4.15. The minimum Gasteiger partial charge on any atom is -0.349 e. The molecular formula is C16H17F2N3O2. The summed E-state index contributed by atoms with van der Waals surface area (Å²) in [5, 5.41) is 3.60. The molecule has 5 nitrogen and oxygen atoms in total. The van der Waals surface area contributed by atoms with E-state index < -0.39 is 12.3 Å². The normalized spacial score (nSPS) is 16.7. The molecule has 1 aromatic carbocycles. The molecule has 1 atom stereocenters. The standard InChI is InChI=1S/C16H17F2N3O2/c1-21(2)13(22)8-10-4-3-9-7-11(5-6-12(9)10)15-19-16(14(17)18)23-20-15/h5-7,10,14H,3-4,8H2,1-2H3/t10-/m0/s1. The molecule has 0 N–H and O–H groups in total. The molecule has 0 aliphatic heterocycles. The van der Waals surface area contributed by atoms with Gasteiger partial charge < -0.3 is 9.42 Å². The van der Waals surface area contributed by atoms with E-state index in [1.54, 1.807) is 25.1 Å². The molecule has 1 aromatic heterocycles. The summed E-state index contributed by atoms with van der Waals surface area (Å²) in [6, 6.07) is 5.62. The van der Waals surface area contributed by atoms with Crippen LogP contribution < -0.4 is 0 Å². The number of benzene rings is 1. The second-order valence-corrected chi connectivity index (χ2v) is 5.90. The summed E-state index contributed by atoms with van der Waals surface area (Å²) in [7, 11) is 3.50. The van der Waals surface area contributed by atoms with E-state index in [-0.39, 0.29) is 17.6 Å². The lowest BCUT2D eigenvalue weighted by Crippen LogP contribution is -2.23. The van der Waals surface area contributed by atoms with Gasteiger partial charge in [-0.15, -0.1) is 0 Å². The topological polar surface area (TPSA) is 59.2 Å². The van der Waals surface area contributed by atoms with Crippen molar-refractivity contribution in [2.75, 3.05) is 14.1 Å². The molecule has 0 spiro atoms. The predicted octanol–water partition coefficient (Wildman–Crippen LogP) is 3.18. The molecule has 1 aliphatic carbocycles. The molecule has 1 heterocycles. The summed E-state index contributed by atoms with van der Waals surface area (Å²) >= 11 is 0. The van der Waals surface area contributed by atoms with Gasteiger partial charge >= 0.3 is 6.43 Å². The van der Waals surface area contributed by atoms with Gasteiger partial charge in [0, 0.05) is 26.1 Å². The van der Waals surface area contributed by atoms with E-state index >= 15 is 0 Å². The molecule has 0 saturated heterocycles. The summed E-state index contributed by atoms with van der Waals surface area (Å²) in [5.41, 5.74) is 2.91. The lowest BCUT2D eigenvalue weighted by Gasteiger charge is -2.15. The monoisotopic (exact) mass is 321 g/mol. The van der Waals surface area contributed by atoms with Gasteiger partial charge in [-0.3, -0.25) is 4.79 Å². The van der Waals surface area contributed by atoms with Crippen molar-refractivity contribution in [2.24, 2.45) is 0 Å². The fourth-order valence-electron chi connectivity index (χ4n) is 2.89. The summed E-state index contributed by atoms with van der Waals surface area (Å²) < 4.78 is 29.6. The van der Waals surface area contributed by atoms with Crippen LogP contribution in [0.3, 0.4) is 0 Å². The molecule has 1 amide bonds. The molecular weight excluding hydrogens is 304 g/mol.